The Morgan fingerprint density at radius 3 is 2.65 bits per heavy atom. The van der Waals surface area contributed by atoms with Gasteiger partial charge in [0, 0.05) is 39.0 Å². The Balaban J connectivity index is 2.16. The van der Waals surface area contributed by atoms with Crippen molar-refractivity contribution in [3.05, 3.63) is 62.2 Å². The molecule has 0 aromatic heterocycles. The van der Waals surface area contributed by atoms with Crippen molar-refractivity contribution in [2.75, 3.05) is 25.0 Å². The van der Waals surface area contributed by atoms with Gasteiger partial charge in [-0.3, -0.25) is 4.99 Å². The summed E-state index contributed by atoms with van der Waals surface area (Å²) in [4.78, 5) is 7.00. The fourth-order valence-corrected chi connectivity index (χ4v) is 2.93. The molecule has 0 N–H and O–H groups in total. The number of hydrogen-bond acceptors (Lipinski definition) is 2. The van der Waals surface area contributed by atoms with E-state index in [9.17, 15) is 0 Å². The van der Waals surface area contributed by atoms with Gasteiger partial charge in [0.15, 0.2) is 0 Å². The maximum absolute atomic E-state index is 6.18. The first-order chi connectivity index (χ1) is 9.65. The normalized spacial score (nSPS) is 14.6. The summed E-state index contributed by atoms with van der Waals surface area (Å²) >= 11 is 8.50. The third-order valence-electron chi connectivity index (χ3n) is 3.45. The molecule has 2 nitrogen and oxygen atoms in total. The van der Waals surface area contributed by atoms with E-state index in [0.29, 0.717) is 0 Å². The summed E-state index contributed by atoms with van der Waals surface area (Å²) in [5.74, 6) is 0. The van der Waals surface area contributed by atoms with Crippen LogP contribution in [0.2, 0.25) is 5.02 Å². The largest absolute Gasteiger partial charge is 0.372 e. The van der Waals surface area contributed by atoms with Crippen LogP contribution in [0.25, 0.3) is 0 Å². The highest BCUT2D eigenvalue weighted by Crippen LogP contribution is 2.28. The average molecular weight is 397 g/mol. The van der Waals surface area contributed by atoms with Crippen LogP contribution in [0, 0.1) is 3.57 Å². The van der Waals surface area contributed by atoms with E-state index in [-0.39, 0.29) is 0 Å². The van der Waals surface area contributed by atoms with Crippen LogP contribution in [0.1, 0.15) is 11.1 Å². The third-order valence-corrected chi connectivity index (χ3v) is 4.40. The molecule has 0 fully saturated rings. The lowest BCUT2D eigenvalue weighted by Crippen LogP contribution is -2.20. The zero-order valence-corrected chi connectivity index (χ0v) is 14.0. The van der Waals surface area contributed by atoms with Gasteiger partial charge in [-0.2, -0.15) is 0 Å². The number of halogens is 2. The number of fused-ring (bicyclic) bond motifs is 1. The zero-order chi connectivity index (χ0) is 14.1. The fourth-order valence-electron chi connectivity index (χ4n) is 2.40. The maximum atomic E-state index is 6.18. The molecule has 0 aliphatic carbocycles. The molecule has 0 amide bonds. The van der Waals surface area contributed by atoms with Crippen molar-refractivity contribution in [1.82, 2.24) is 0 Å². The fraction of sp³-hybridized carbons (Fsp3) is 0.188. The molecular formula is C16H14ClIN2. The summed E-state index contributed by atoms with van der Waals surface area (Å²) in [5, 5.41) is 0.747. The highest BCUT2D eigenvalue weighted by molar-refractivity contribution is 14.1. The predicted molar refractivity (Wildman–Crippen MR) is 94.4 cm³/mol. The molecule has 0 radical (unpaired) electrons. The van der Waals surface area contributed by atoms with Gasteiger partial charge in [-0.25, -0.2) is 0 Å². The molecule has 0 atom stereocenters. The molecule has 4 heteroatoms. The molecular weight excluding hydrogens is 383 g/mol. The minimum absolute atomic E-state index is 0.747. The summed E-state index contributed by atoms with van der Waals surface area (Å²) in [6, 6.07) is 14.5. The Kier molecular flexibility index (Phi) is 3.98. The van der Waals surface area contributed by atoms with Gasteiger partial charge in [0.2, 0.25) is 0 Å². The van der Waals surface area contributed by atoms with Gasteiger partial charge in [-0.15, -0.1) is 0 Å². The van der Waals surface area contributed by atoms with E-state index >= 15 is 0 Å². The van der Waals surface area contributed by atoms with E-state index in [1.165, 1.54) is 9.26 Å². The lowest BCUT2D eigenvalue weighted by Gasteiger charge is -2.19. The molecule has 1 aliphatic rings. The van der Waals surface area contributed by atoms with Crippen LogP contribution < -0.4 is 4.90 Å². The Hall–Kier alpha value is -1.07. The highest BCUT2D eigenvalue weighted by atomic mass is 127. The summed E-state index contributed by atoms with van der Waals surface area (Å²) in [6.45, 7) is 1.71. The maximum Gasteiger partial charge on any atom is 0.0741 e. The molecule has 3 rings (SSSR count). The van der Waals surface area contributed by atoms with E-state index in [4.69, 9.17) is 16.6 Å². The first kappa shape index (κ1) is 13.9. The lowest BCUT2D eigenvalue weighted by molar-refractivity contribution is 0.896. The number of benzene rings is 2. The first-order valence-corrected chi connectivity index (χ1v) is 7.92. The van der Waals surface area contributed by atoms with Gasteiger partial charge in [0.1, 0.15) is 0 Å². The van der Waals surface area contributed by atoms with Crippen molar-refractivity contribution >= 4 is 45.6 Å². The van der Waals surface area contributed by atoms with Crippen molar-refractivity contribution in [2.45, 2.75) is 0 Å². The van der Waals surface area contributed by atoms with E-state index in [1.54, 1.807) is 0 Å². The Bertz CT molecular complexity index is 665. The van der Waals surface area contributed by atoms with E-state index in [2.05, 4.69) is 64.9 Å². The molecule has 1 aliphatic heterocycles. The third kappa shape index (κ3) is 2.69. The van der Waals surface area contributed by atoms with Gasteiger partial charge in [0.25, 0.3) is 0 Å². The minimum atomic E-state index is 0.747. The average Bonchev–Trinajstić information content (AvgIpc) is 2.59. The van der Waals surface area contributed by atoms with Crippen LogP contribution in [0.3, 0.4) is 0 Å². The topological polar surface area (TPSA) is 15.6 Å². The van der Waals surface area contributed by atoms with Crippen LogP contribution in [-0.4, -0.2) is 25.8 Å². The Morgan fingerprint density at radius 2 is 1.90 bits per heavy atom. The van der Waals surface area contributed by atoms with Crippen molar-refractivity contribution in [3.63, 3.8) is 0 Å². The van der Waals surface area contributed by atoms with Gasteiger partial charge >= 0.3 is 0 Å². The van der Waals surface area contributed by atoms with E-state index in [1.807, 2.05) is 12.1 Å². The molecule has 2 aromatic rings. The summed E-state index contributed by atoms with van der Waals surface area (Å²) in [7, 11) is 2.10. The van der Waals surface area contributed by atoms with Crippen LogP contribution in [0.4, 0.5) is 5.69 Å². The standard InChI is InChI=1S/C16H14ClIN2/c1-20-9-8-19-16(11-2-5-13(18)6-3-11)14-10-12(17)4-7-15(14)20/h2-7,10H,8-9H2,1H3. The second-order valence-electron chi connectivity index (χ2n) is 4.82. The monoisotopic (exact) mass is 396 g/mol. The second kappa shape index (κ2) is 5.74. The Labute approximate surface area is 137 Å². The van der Waals surface area contributed by atoms with Gasteiger partial charge in [0.05, 0.1) is 12.3 Å². The number of benzodiazepines with no additional fused rings is 1. The molecule has 102 valence electrons. The molecule has 20 heavy (non-hydrogen) atoms. The van der Waals surface area contributed by atoms with Crippen molar-refractivity contribution < 1.29 is 0 Å². The SMILES string of the molecule is CN1CCN=C(c2ccc(I)cc2)c2cc(Cl)ccc21. The van der Waals surface area contributed by atoms with Crippen molar-refractivity contribution in [1.29, 1.82) is 0 Å². The first-order valence-electron chi connectivity index (χ1n) is 6.46. The number of aliphatic imine (C=N–C) groups is 1. The van der Waals surface area contributed by atoms with Crippen molar-refractivity contribution in [2.24, 2.45) is 4.99 Å². The molecule has 0 spiro atoms. The van der Waals surface area contributed by atoms with Crippen LogP contribution in [0.5, 0.6) is 0 Å². The number of nitrogens with zero attached hydrogens (tertiary/aromatic N) is 2. The number of rotatable bonds is 1. The number of likely N-dealkylation sites (N-methyl/N-ethyl adjacent to an activating group) is 1. The molecule has 0 saturated carbocycles. The van der Waals surface area contributed by atoms with Gasteiger partial charge < -0.3 is 4.90 Å². The molecule has 0 saturated heterocycles. The second-order valence-corrected chi connectivity index (χ2v) is 6.50. The van der Waals surface area contributed by atoms with Crippen LogP contribution in [-0.2, 0) is 0 Å². The summed E-state index contributed by atoms with van der Waals surface area (Å²) < 4.78 is 1.23. The lowest BCUT2D eigenvalue weighted by atomic mass is 10.0. The summed E-state index contributed by atoms with van der Waals surface area (Å²) in [6.07, 6.45) is 0. The molecule has 1 heterocycles. The van der Waals surface area contributed by atoms with Crippen LogP contribution in [0.15, 0.2) is 47.5 Å². The van der Waals surface area contributed by atoms with Gasteiger partial charge in [-0.05, 0) is 52.9 Å². The quantitative estimate of drug-likeness (QED) is 0.659. The van der Waals surface area contributed by atoms with Gasteiger partial charge in [-0.1, -0.05) is 23.7 Å². The predicted octanol–water partition coefficient (Wildman–Crippen LogP) is 4.23. The Morgan fingerprint density at radius 1 is 1.15 bits per heavy atom. The van der Waals surface area contributed by atoms with E-state index < -0.39 is 0 Å². The van der Waals surface area contributed by atoms with Crippen molar-refractivity contribution in [3.8, 4) is 0 Å². The zero-order valence-electron chi connectivity index (χ0n) is 11.1. The van der Waals surface area contributed by atoms with E-state index in [0.717, 1.165) is 35.0 Å². The van der Waals surface area contributed by atoms with Crippen LogP contribution >= 0.6 is 34.2 Å². The summed E-state index contributed by atoms with van der Waals surface area (Å²) in [5.41, 5.74) is 4.47. The number of hydrogen-bond donors (Lipinski definition) is 0. The molecule has 2 aromatic carbocycles. The molecule has 0 bridgehead atoms. The highest BCUT2D eigenvalue weighted by Gasteiger charge is 2.17. The molecule has 0 unspecified atom stereocenters. The smallest absolute Gasteiger partial charge is 0.0741 e. The number of anilines is 1. The minimum Gasteiger partial charge on any atom is -0.372 e.